The fraction of sp³-hybridized carbons (Fsp3) is 0.417. The van der Waals surface area contributed by atoms with Gasteiger partial charge in [-0.2, -0.15) is 0 Å². The van der Waals surface area contributed by atoms with Gasteiger partial charge in [-0.15, -0.1) is 24.2 Å². The van der Waals surface area contributed by atoms with Crippen LogP contribution in [-0.4, -0.2) is 24.2 Å². The maximum absolute atomic E-state index is 12.6. The van der Waals surface area contributed by atoms with Crippen molar-refractivity contribution in [2.75, 3.05) is 12.3 Å². The molecule has 1 aromatic carbocycles. The van der Waals surface area contributed by atoms with Crippen molar-refractivity contribution in [3.63, 3.8) is 0 Å². The smallest absolute Gasteiger partial charge is 0.236 e. The molecule has 1 amide bonds. The maximum Gasteiger partial charge on any atom is 0.236 e. The lowest BCUT2D eigenvalue weighted by atomic mass is 10.3. The summed E-state index contributed by atoms with van der Waals surface area (Å²) in [6.45, 7) is 2.27. The second-order valence-corrected chi connectivity index (χ2v) is 4.90. The largest absolute Gasteiger partial charge is 0.355 e. The molecule has 0 saturated heterocycles. The first-order valence-electron chi connectivity index (χ1n) is 5.51. The summed E-state index contributed by atoms with van der Waals surface area (Å²) in [5.41, 5.74) is 5.40. The van der Waals surface area contributed by atoms with E-state index in [1.54, 1.807) is 30.8 Å². The summed E-state index contributed by atoms with van der Waals surface area (Å²) in [7, 11) is 0. The number of nitrogens with one attached hydrogen (secondary N) is 1. The molecule has 0 spiro atoms. The van der Waals surface area contributed by atoms with Crippen LogP contribution in [0.4, 0.5) is 4.39 Å². The van der Waals surface area contributed by atoms with Crippen molar-refractivity contribution in [3.8, 4) is 0 Å². The van der Waals surface area contributed by atoms with E-state index in [1.807, 2.05) is 0 Å². The van der Waals surface area contributed by atoms with Gasteiger partial charge in [-0.1, -0.05) is 0 Å². The highest BCUT2D eigenvalue weighted by Crippen LogP contribution is 2.18. The molecule has 102 valence electrons. The third-order valence-electron chi connectivity index (χ3n) is 2.12. The van der Waals surface area contributed by atoms with E-state index in [-0.39, 0.29) is 24.1 Å². The van der Waals surface area contributed by atoms with Crippen LogP contribution >= 0.6 is 24.2 Å². The van der Waals surface area contributed by atoms with Gasteiger partial charge in [0.25, 0.3) is 0 Å². The minimum Gasteiger partial charge on any atom is -0.355 e. The van der Waals surface area contributed by atoms with E-state index in [2.05, 4.69) is 5.32 Å². The SMILES string of the molecule is CC(N)C(=O)NCCCSc1ccc(F)cc1.Cl. The number of hydrogen-bond donors (Lipinski definition) is 2. The number of rotatable bonds is 6. The minimum atomic E-state index is -0.459. The van der Waals surface area contributed by atoms with Crippen molar-refractivity contribution < 1.29 is 9.18 Å². The highest BCUT2D eigenvalue weighted by atomic mass is 35.5. The molecule has 0 aromatic heterocycles. The van der Waals surface area contributed by atoms with Crippen molar-refractivity contribution in [1.82, 2.24) is 5.32 Å². The summed E-state index contributed by atoms with van der Waals surface area (Å²) in [5.74, 6) is 0.528. The normalized spacial score (nSPS) is 11.5. The zero-order chi connectivity index (χ0) is 12.7. The molecule has 1 rings (SSSR count). The third-order valence-corrected chi connectivity index (χ3v) is 3.21. The van der Waals surface area contributed by atoms with Crippen LogP contribution in [0, 0.1) is 5.82 Å². The molecule has 0 fully saturated rings. The van der Waals surface area contributed by atoms with E-state index in [0.717, 1.165) is 17.1 Å². The van der Waals surface area contributed by atoms with Gasteiger partial charge >= 0.3 is 0 Å². The molecule has 3 nitrogen and oxygen atoms in total. The summed E-state index contributed by atoms with van der Waals surface area (Å²) < 4.78 is 12.6. The van der Waals surface area contributed by atoms with E-state index in [1.165, 1.54) is 12.1 Å². The molecule has 0 bridgehead atoms. The van der Waals surface area contributed by atoms with Gasteiger partial charge in [-0.3, -0.25) is 4.79 Å². The van der Waals surface area contributed by atoms with Gasteiger partial charge in [0, 0.05) is 11.4 Å². The first-order valence-corrected chi connectivity index (χ1v) is 6.50. The van der Waals surface area contributed by atoms with Crippen molar-refractivity contribution in [2.45, 2.75) is 24.3 Å². The van der Waals surface area contributed by atoms with Crippen LogP contribution in [0.5, 0.6) is 0 Å². The van der Waals surface area contributed by atoms with Crippen LogP contribution < -0.4 is 11.1 Å². The Kier molecular flexibility index (Phi) is 8.79. The molecule has 0 heterocycles. The van der Waals surface area contributed by atoms with Crippen molar-refractivity contribution in [1.29, 1.82) is 0 Å². The van der Waals surface area contributed by atoms with Crippen LogP contribution in [-0.2, 0) is 4.79 Å². The highest BCUT2D eigenvalue weighted by Gasteiger charge is 2.04. The number of amides is 1. The fourth-order valence-corrected chi connectivity index (χ4v) is 2.02. The Morgan fingerprint density at radius 1 is 1.44 bits per heavy atom. The Hall–Kier alpha value is -0.780. The van der Waals surface area contributed by atoms with Crippen LogP contribution in [0.25, 0.3) is 0 Å². The molecule has 0 saturated carbocycles. The summed E-state index contributed by atoms with van der Waals surface area (Å²) in [6.07, 6.45) is 0.862. The van der Waals surface area contributed by atoms with Crippen molar-refractivity contribution in [3.05, 3.63) is 30.1 Å². The first-order chi connectivity index (χ1) is 8.09. The predicted octanol–water partition coefficient (Wildman–Crippen LogP) is 2.19. The third kappa shape index (κ3) is 6.83. The molecule has 0 radical (unpaired) electrons. The van der Waals surface area contributed by atoms with Crippen LogP contribution in [0.2, 0.25) is 0 Å². The predicted molar refractivity (Wildman–Crippen MR) is 75.6 cm³/mol. The van der Waals surface area contributed by atoms with Crippen LogP contribution in [0.15, 0.2) is 29.2 Å². The molecular formula is C12H18ClFN2OS. The highest BCUT2D eigenvalue weighted by molar-refractivity contribution is 7.99. The lowest BCUT2D eigenvalue weighted by molar-refractivity contribution is -0.121. The fourth-order valence-electron chi connectivity index (χ4n) is 1.17. The van der Waals surface area contributed by atoms with Crippen molar-refractivity contribution in [2.24, 2.45) is 5.73 Å². The Bertz CT molecular complexity index is 360. The molecule has 1 atom stereocenters. The molecule has 1 aromatic rings. The summed E-state index contributed by atoms with van der Waals surface area (Å²) in [4.78, 5) is 12.2. The molecule has 0 aliphatic carbocycles. The minimum absolute atomic E-state index is 0. The average Bonchev–Trinajstić information content (AvgIpc) is 2.30. The number of hydrogen-bond acceptors (Lipinski definition) is 3. The topological polar surface area (TPSA) is 55.1 Å². The van der Waals surface area contributed by atoms with Crippen LogP contribution in [0.3, 0.4) is 0 Å². The maximum atomic E-state index is 12.6. The molecular weight excluding hydrogens is 275 g/mol. The molecule has 0 aliphatic rings. The number of carbonyl (C=O) groups is 1. The number of thioether (sulfide) groups is 1. The Balaban J connectivity index is 0.00000289. The lowest BCUT2D eigenvalue weighted by Crippen LogP contribution is -2.38. The second kappa shape index (κ2) is 9.19. The second-order valence-electron chi connectivity index (χ2n) is 3.74. The van der Waals surface area contributed by atoms with E-state index >= 15 is 0 Å². The van der Waals surface area contributed by atoms with Gasteiger partial charge in [0.1, 0.15) is 5.82 Å². The zero-order valence-corrected chi connectivity index (χ0v) is 11.8. The Labute approximate surface area is 117 Å². The quantitative estimate of drug-likeness (QED) is 0.624. The Morgan fingerprint density at radius 2 is 2.06 bits per heavy atom. The lowest BCUT2D eigenvalue weighted by Gasteiger charge is -2.07. The summed E-state index contributed by atoms with van der Waals surface area (Å²) in [6, 6.07) is 5.93. The number of halogens is 2. The monoisotopic (exact) mass is 292 g/mol. The van der Waals surface area contributed by atoms with E-state index in [4.69, 9.17) is 5.73 Å². The first kappa shape index (κ1) is 17.2. The van der Waals surface area contributed by atoms with Gasteiger partial charge in [-0.05, 0) is 43.4 Å². The summed E-state index contributed by atoms with van der Waals surface area (Å²) in [5, 5.41) is 2.74. The van der Waals surface area contributed by atoms with Gasteiger partial charge < -0.3 is 11.1 Å². The molecule has 3 N–H and O–H groups in total. The zero-order valence-electron chi connectivity index (χ0n) is 10.2. The molecule has 0 aliphatic heterocycles. The Morgan fingerprint density at radius 3 is 2.61 bits per heavy atom. The molecule has 1 unspecified atom stereocenters. The number of nitrogens with two attached hydrogens (primary N) is 1. The molecule has 18 heavy (non-hydrogen) atoms. The molecule has 6 heteroatoms. The number of benzene rings is 1. The van der Waals surface area contributed by atoms with Gasteiger partial charge in [0.15, 0.2) is 0 Å². The van der Waals surface area contributed by atoms with Crippen LogP contribution in [0.1, 0.15) is 13.3 Å². The summed E-state index contributed by atoms with van der Waals surface area (Å²) >= 11 is 1.64. The van der Waals surface area contributed by atoms with Gasteiger partial charge in [-0.25, -0.2) is 4.39 Å². The van der Waals surface area contributed by atoms with E-state index in [9.17, 15) is 9.18 Å². The standard InChI is InChI=1S/C12H17FN2OS.ClH/c1-9(14)12(16)15-7-2-8-17-11-5-3-10(13)4-6-11;/h3-6,9H,2,7-8,14H2,1H3,(H,15,16);1H. The number of carbonyl (C=O) groups excluding carboxylic acids is 1. The average molecular weight is 293 g/mol. The van der Waals surface area contributed by atoms with Gasteiger partial charge in [0.2, 0.25) is 5.91 Å². The van der Waals surface area contributed by atoms with Crippen molar-refractivity contribution >= 4 is 30.1 Å². The van der Waals surface area contributed by atoms with E-state index < -0.39 is 6.04 Å². The van der Waals surface area contributed by atoms with E-state index in [0.29, 0.717) is 6.54 Å². The van der Waals surface area contributed by atoms with Gasteiger partial charge in [0.05, 0.1) is 6.04 Å².